The van der Waals surface area contributed by atoms with Crippen LogP contribution in [0.5, 0.6) is 0 Å². The minimum Gasteiger partial charge on any atom is -0.352 e. The normalized spacial score (nSPS) is 20.3. The van der Waals surface area contributed by atoms with Crippen LogP contribution in [0.25, 0.3) is 0 Å². The highest BCUT2D eigenvalue weighted by Crippen LogP contribution is 2.17. The summed E-state index contributed by atoms with van der Waals surface area (Å²) in [7, 11) is 0. The first kappa shape index (κ1) is 12.5. The Morgan fingerprint density at radius 3 is 2.47 bits per heavy atom. The van der Waals surface area contributed by atoms with Gasteiger partial charge in [0.2, 0.25) is 5.91 Å². The molecule has 1 aliphatic carbocycles. The van der Waals surface area contributed by atoms with Gasteiger partial charge in [-0.1, -0.05) is 33.1 Å². The molecule has 88 valence electrons. The maximum atomic E-state index is 11.7. The van der Waals surface area contributed by atoms with E-state index in [4.69, 9.17) is 5.73 Å². The molecule has 0 bridgehead atoms. The molecule has 1 amide bonds. The van der Waals surface area contributed by atoms with Gasteiger partial charge >= 0.3 is 0 Å². The summed E-state index contributed by atoms with van der Waals surface area (Å²) in [5.41, 5.74) is 5.82. The van der Waals surface area contributed by atoms with Gasteiger partial charge in [-0.3, -0.25) is 4.79 Å². The number of amides is 1. The van der Waals surface area contributed by atoms with Crippen LogP contribution in [0.1, 0.15) is 52.4 Å². The molecule has 1 saturated carbocycles. The number of nitrogens with one attached hydrogen (secondary N) is 1. The highest BCUT2D eigenvalue weighted by Gasteiger charge is 2.20. The zero-order valence-corrected chi connectivity index (χ0v) is 9.96. The lowest BCUT2D eigenvalue weighted by Gasteiger charge is -2.24. The van der Waals surface area contributed by atoms with Crippen LogP contribution in [0.15, 0.2) is 0 Å². The number of hydrogen-bond donors (Lipinski definition) is 2. The SMILES string of the molecule is CC(C)C[C@@H](N)C(=O)NC1CCCCC1. The second-order valence-corrected chi connectivity index (χ2v) is 5.08. The van der Waals surface area contributed by atoms with Gasteiger partial charge in [-0.05, 0) is 25.2 Å². The molecular formula is C12H24N2O. The van der Waals surface area contributed by atoms with E-state index >= 15 is 0 Å². The monoisotopic (exact) mass is 212 g/mol. The molecule has 1 atom stereocenters. The molecule has 0 aromatic rings. The number of hydrogen-bond acceptors (Lipinski definition) is 2. The molecule has 0 aromatic heterocycles. The van der Waals surface area contributed by atoms with Crippen molar-refractivity contribution in [2.24, 2.45) is 11.7 Å². The van der Waals surface area contributed by atoms with Gasteiger partial charge in [0.05, 0.1) is 6.04 Å². The fourth-order valence-corrected chi connectivity index (χ4v) is 2.17. The van der Waals surface area contributed by atoms with Gasteiger partial charge in [0, 0.05) is 6.04 Å². The second kappa shape index (κ2) is 6.11. The molecule has 1 rings (SSSR count). The van der Waals surface area contributed by atoms with Crippen molar-refractivity contribution in [3.05, 3.63) is 0 Å². The zero-order chi connectivity index (χ0) is 11.3. The molecule has 3 heteroatoms. The maximum Gasteiger partial charge on any atom is 0.237 e. The molecule has 0 unspecified atom stereocenters. The quantitative estimate of drug-likeness (QED) is 0.746. The van der Waals surface area contributed by atoms with Crippen molar-refractivity contribution in [1.29, 1.82) is 0 Å². The largest absolute Gasteiger partial charge is 0.352 e. The van der Waals surface area contributed by atoms with Crippen LogP contribution in [0.2, 0.25) is 0 Å². The second-order valence-electron chi connectivity index (χ2n) is 5.08. The Hall–Kier alpha value is -0.570. The lowest BCUT2D eigenvalue weighted by molar-refractivity contribution is -0.123. The van der Waals surface area contributed by atoms with Crippen molar-refractivity contribution in [2.45, 2.75) is 64.5 Å². The summed E-state index contributed by atoms with van der Waals surface area (Å²) in [4.78, 5) is 11.7. The Morgan fingerprint density at radius 2 is 1.93 bits per heavy atom. The Labute approximate surface area is 92.8 Å². The summed E-state index contributed by atoms with van der Waals surface area (Å²) in [6.07, 6.45) is 6.82. The fraction of sp³-hybridized carbons (Fsp3) is 0.917. The molecule has 0 spiro atoms. The van der Waals surface area contributed by atoms with Crippen molar-refractivity contribution in [3.63, 3.8) is 0 Å². The van der Waals surface area contributed by atoms with Crippen LogP contribution < -0.4 is 11.1 Å². The molecular weight excluding hydrogens is 188 g/mol. The van der Waals surface area contributed by atoms with E-state index in [0.29, 0.717) is 12.0 Å². The molecule has 0 aliphatic heterocycles. The molecule has 15 heavy (non-hydrogen) atoms. The van der Waals surface area contributed by atoms with Gasteiger partial charge in [0.1, 0.15) is 0 Å². The molecule has 1 aliphatic rings. The number of nitrogens with two attached hydrogens (primary N) is 1. The highest BCUT2D eigenvalue weighted by atomic mass is 16.2. The molecule has 0 radical (unpaired) electrons. The predicted octanol–water partition coefficient (Wildman–Crippen LogP) is 1.81. The van der Waals surface area contributed by atoms with Crippen molar-refractivity contribution in [2.75, 3.05) is 0 Å². The van der Waals surface area contributed by atoms with E-state index in [1.165, 1.54) is 19.3 Å². The topological polar surface area (TPSA) is 55.1 Å². The summed E-state index contributed by atoms with van der Waals surface area (Å²) in [6.45, 7) is 4.18. The van der Waals surface area contributed by atoms with E-state index in [9.17, 15) is 4.79 Å². The fourth-order valence-electron chi connectivity index (χ4n) is 2.17. The van der Waals surface area contributed by atoms with Gasteiger partial charge in [0.25, 0.3) is 0 Å². The van der Waals surface area contributed by atoms with Crippen LogP contribution in [0.4, 0.5) is 0 Å². The average molecular weight is 212 g/mol. The minimum atomic E-state index is -0.327. The van der Waals surface area contributed by atoms with E-state index in [-0.39, 0.29) is 11.9 Å². The lowest BCUT2D eigenvalue weighted by Crippen LogP contribution is -2.46. The van der Waals surface area contributed by atoms with Crippen molar-refractivity contribution in [3.8, 4) is 0 Å². The van der Waals surface area contributed by atoms with E-state index < -0.39 is 0 Å². The zero-order valence-electron chi connectivity index (χ0n) is 9.96. The molecule has 0 saturated heterocycles. The molecule has 3 N–H and O–H groups in total. The van der Waals surface area contributed by atoms with Crippen LogP contribution in [0, 0.1) is 5.92 Å². The number of rotatable bonds is 4. The Morgan fingerprint density at radius 1 is 1.33 bits per heavy atom. The molecule has 0 heterocycles. The number of carbonyl (C=O) groups excluding carboxylic acids is 1. The van der Waals surface area contributed by atoms with Gasteiger partial charge < -0.3 is 11.1 Å². The van der Waals surface area contributed by atoms with Crippen LogP contribution in [-0.2, 0) is 4.79 Å². The molecule has 0 aromatic carbocycles. The standard InChI is InChI=1S/C12H24N2O/c1-9(2)8-11(13)12(15)14-10-6-4-3-5-7-10/h9-11H,3-8,13H2,1-2H3,(H,14,15)/t11-/m1/s1. The van der Waals surface area contributed by atoms with Crippen LogP contribution in [-0.4, -0.2) is 18.0 Å². The van der Waals surface area contributed by atoms with Gasteiger partial charge in [-0.25, -0.2) is 0 Å². The third-order valence-corrected chi connectivity index (χ3v) is 3.01. The molecule has 3 nitrogen and oxygen atoms in total. The summed E-state index contributed by atoms with van der Waals surface area (Å²) in [6, 6.07) is 0.0522. The average Bonchev–Trinajstić information content (AvgIpc) is 2.18. The summed E-state index contributed by atoms with van der Waals surface area (Å²) in [5.74, 6) is 0.521. The first-order valence-electron chi connectivity index (χ1n) is 6.15. The third-order valence-electron chi connectivity index (χ3n) is 3.01. The predicted molar refractivity (Wildman–Crippen MR) is 62.4 cm³/mol. The van der Waals surface area contributed by atoms with E-state index in [1.807, 2.05) is 0 Å². The first-order chi connectivity index (χ1) is 7.09. The Balaban J connectivity index is 2.27. The lowest BCUT2D eigenvalue weighted by atomic mass is 9.95. The summed E-state index contributed by atoms with van der Waals surface area (Å²) >= 11 is 0. The van der Waals surface area contributed by atoms with Crippen LogP contribution >= 0.6 is 0 Å². The summed E-state index contributed by atoms with van der Waals surface area (Å²) in [5, 5.41) is 3.06. The highest BCUT2D eigenvalue weighted by molar-refractivity contribution is 5.81. The van der Waals surface area contributed by atoms with Crippen molar-refractivity contribution < 1.29 is 4.79 Å². The summed E-state index contributed by atoms with van der Waals surface area (Å²) < 4.78 is 0. The number of carbonyl (C=O) groups is 1. The third kappa shape index (κ3) is 4.65. The first-order valence-corrected chi connectivity index (χ1v) is 6.15. The van der Waals surface area contributed by atoms with Crippen molar-refractivity contribution in [1.82, 2.24) is 5.32 Å². The van der Waals surface area contributed by atoms with Gasteiger partial charge in [-0.2, -0.15) is 0 Å². The van der Waals surface area contributed by atoms with Gasteiger partial charge in [0.15, 0.2) is 0 Å². The maximum absolute atomic E-state index is 11.7. The minimum absolute atomic E-state index is 0.0376. The smallest absolute Gasteiger partial charge is 0.237 e. The van der Waals surface area contributed by atoms with E-state index in [0.717, 1.165) is 19.3 Å². The van der Waals surface area contributed by atoms with E-state index in [2.05, 4.69) is 19.2 Å². The molecule has 1 fully saturated rings. The van der Waals surface area contributed by atoms with Crippen molar-refractivity contribution >= 4 is 5.91 Å². The Kier molecular flexibility index (Phi) is 5.09. The van der Waals surface area contributed by atoms with Gasteiger partial charge in [-0.15, -0.1) is 0 Å². The van der Waals surface area contributed by atoms with Crippen LogP contribution in [0.3, 0.4) is 0 Å². The Bertz CT molecular complexity index is 198. The van der Waals surface area contributed by atoms with E-state index in [1.54, 1.807) is 0 Å².